The van der Waals surface area contributed by atoms with E-state index in [0.29, 0.717) is 0 Å². The van der Waals surface area contributed by atoms with Crippen LogP contribution in [-0.4, -0.2) is 0 Å². The molecular weight excluding hydrogens is 246 g/mol. The largest absolute Gasteiger partial charge is 0.461 e. The maximum Gasteiger partial charge on any atom is 0.134 e. The minimum atomic E-state index is -0.0315. The van der Waals surface area contributed by atoms with Gasteiger partial charge in [-0.2, -0.15) is 0 Å². The molecule has 20 heavy (non-hydrogen) atoms. The molecule has 1 heterocycles. The van der Waals surface area contributed by atoms with Gasteiger partial charge in [-0.1, -0.05) is 55.5 Å². The van der Waals surface area contributed by atoms with Crippen LogP contribution in [0.25, 0.3) is 11.0 Å². The van der Waals surface area contributed by atoms with E-state index < -0.39 is 0 Å². The van der Waals surface area contributed by atoms with Gasteiger partial charge in [-0.05, 0) is 18.1 Å². The molecule has 0 aliphatic rings. The Morgan fingerprint density at radius 3 is 2.45 bits per heavy atom. The number of fused-ring (bicyclic) bond motifs is 1. The maximum absolute atomic E-state index is 6.45. The molecule has 0 aliphatic carbocycles. The van der Waals surface area contributed by atoms with Gasteiger partial charge in [0.2, 0.25) is 0 Å². The highest BCUT2D eigenvalue weighted by Gasteiger charge is 2.18. The van der Waals surface area contributed by atoms with Crippen LogP contribution >= 0.6 is 0 Å². The van der Waals surface area contributed by atoms with Gasteiger partial charge in [0.1, 0.15) is 11.3 Å². The van der Waals surface area contributed by atoms with Gasteiger partial charge in [0, 0.05) is 23.4 Å². The molecule has 2 N–H and O–H groups in total. The van der Waals surface area contributed by atoms with Crippen molar-refractivity contribution in [2.24, 2.45) is 5.73 Å². The summed E-state index contributed by atoms with van der Waals surface area (Å²) in [4.78, 5) is 0. The summed E-state index contributed by atoms with van der Waals surface area (Å²) >= 11 is 0. The summed E-state index contributed by atoms with van der Waals surface area (Å²) in [5.74, 6) is 1.01. The molecule has 2 aromatic carbocycles. The zero-order valence-electron chi connectivity index (χ0n) is 11.7. The van der Waals surface area contributed by atoms with Crippen LogP contribution in [0.4, 0.5) is 0 Å². The SMILES string of the molecule is CCc1oc2ccccc2c1C(N)Cc1ccccc1. The van der Waals surface area contributed by atoms with E-state index in [1.165, 1.54) is 5.56 Å². The first-order valence-corrected chi connectivity index (χ1v) is 7.09. The molecule has 0 bridgehead atoms. The highest BCUT2D eigenvalue weighted by molar-refractivity contribution is 5.82. The van der Waals surface area contributed by atoms with E-state index in [-0.39, 0.29) is 6.04 Å². The molecule has 2 nitrogen and oxygen atoms in total. The van der Waals surface area contributed by atoms with Crippen molar-refractivity contribution < 1.29 is 4.42 Å². The maximum atomic E-state index is 6.45. The predicted molar refractivity (Wildman–Crippen MR) is 82.7 cm³/mol. The van der Waals surface area contributed by atoms with E-state index in [2.05, 4.69) is 37.3 Å². The average Bonchev–Trinajstić information content (AvgIpc) is 2.86. The number of nitrogens with two attached hydrogens (primary N) is 1. The standard InChI is InChI=1S/C18H19NO/c1-2-16-18(14-10-6-7-11-17(14)20-16)15(19)12-13-8-4-3-5-9-13/h3-11,15H,2,12,19H2,1H3. The lowest BCUT2D eigenvalue weighted by Gasteiger charge is -2.12. The number of benzene rings is 2. The van der Waals surface area contributed by atoms with Crippen molar-refractivity contribution in [2.45, 2.75) is 25.8 Å². The Labute approximate surface area is 119 Å². The predicted octanol–water partition coefficient (Wildman–Crippen LogP) is 4.24. The summed E-state index contributed by atoms with van der Waals surface area (Å²) in [5.41, 5.74) is 9.80. The molecule has 0 saturated heterocycles. The van der Waals surface area contributed by atoms with E-state index in [0.717, 1.165) is 35.1 Å². The van der Waals surface area contributed by atoms with E-state index >= 15 is 0 Å². The van der Waals surface area contributed by atoms with Gasteiger partial charge in [-0.15, -0.1) is 0 Å². The van der Waals surface area contributed by atoms with Crippen LogP contribution in [0.1, 0.15) is 29.9 Å². The number of aryl methyl sites for hydroxylation is 1. The highest BCUT2D eigenvalue weighted by Crippen LogP contribution is 2.31. The van der Waals surface area contributed by atoms with E-state index in [1.54, 1.807) is 0 Å². The first-order valence-electron chi connectivity index (χ1n) is 7.09. The van der Waals surface area contributed by atoms with Crippen molar-refractivity contribution in [3.63, 3.8) is 0 Å². The van der Waals surface area contributed by atoms with Crippen molar-refractivity contribution in [2.75, 3.05) is 0 Å². The van der Waals surface area contributed by atoms with Crippen LogP contribution in [0.2, 0.25) is 0 Å². The number of hydrogen-bond donors (Lipinski definition) is 1. The van der Waals surface area contributed by atoms with Crippen LogP contribution in [0.5, 0.6) is 0 Å². The first-order chi connectivity index (χ1) is 9.79. The molecule has 0 saturated carbocycles. The van der Waals surface area contributed by atoms with Crippen LogP contribution in [-0.2, 0) is 12.8 Å². The third-order valence-electron chi connectivity index (χ3n) is 3.70. The minimum Gasteiger partial charge on any atom is -0.461 e. The van der Waals surface area contributed by atoms with E-state index in [4.69, 9.17) is 10.2 Å². The van der Waals surface area contributed by atoms with Crippen molar-refractivity contribution in [3.8, 4) is 0 Å². The first kappa shape index (κ1) is 12.9. The summed E-state index contributed by atoms with van der Waals surface area (Å²) in [6.07, 6.45) is 1.70. The monoisotopic (exact) mass is 265 g/mol. The van der Waals surface area contributed by atoms with Crippen molar-refractivity contribution in [1.29, 1.82) is 0 Å². The molecule has 0 amide bonds. The van der Waals surface area contributed by atoms with Gasteiger partial charge in [0.15, 0.2) is 0 Å². The Bertz CT molecular complexity index is 700. The summed E-state index contributed by atoms with van der Waals surface area (Å²) < 4.78 is 5.93. The molecule has 102 valence electrons. The lowest BCUT2D eigenvalue weighted by Crippen LogP contribution is -2.14. The molecular formula is C18H19NO. The van der Waals surface area contributed by atoms with Gasteiger partial charge in [0.25, 0.3) is 0 Å². The summed E-state index contributed by atoms with van der Waals surface area (Å²) in [6, 6.07) is 18.5. The minimum absolute atomic E-state index is 0.0315. The molecule has 0 fully saturated rings. The van der Waals surface area contributed by atoms with Gasteiger partial charge in [0.05, 0.1) is 0 Å². The normalized spacial score (nSPS) is 12.7. The Morgan fingerprint density at radius 1 is 1.00 bits per heavy atom. The molecule has 3 rings (SSSR count). The Morgan fingerprint density at radius 2 is 1.70 bits per heavy atom. The van der Waals surface area contributed by atoms with Gasteiger partial charge < -0.3 is 10.2 Å². The summed E-state index contributed by atoms with van der Waals surface area (Å²) in [6.45, 7) is 2.11. The van der Waals surface area contributed by atoms with Crippen molar-refractivity contribution >= 4 is 11.0 Å². The zero-order chi connectivity index (χ0) is 13.9. The Balaban J connectivity index is 2.00. The quantitative estimate of drug-likeness (QED) is 0.766. The molecule has 0 spiro atoms. The summed E-state index contributed by atoms with van der Waals surface area (Å²) in [7, 11) is 0. The second kappa shape index (κ2) is 5.51. The fourth-order valence-electron chi connectivity index (χ4n) is 2.76. The average molecular weight is 265 g/mol. The van der Waals surface area contributed by atoms with E-state index in [9.17, 15) is 0 Å². The number of rotatable bonds is 4. The molecule has 0 aliphatic heterocycles. The van der Waals surface area contributed by atoms with Crippen LogP contribution in [0.15, 0.2) is 59.0 Å². The van der Waals surface area contributed by atoms with Crippen LogP contribution in [0.3, 0.4) is 0 Å². The third-order valence-corrected chi connectivity index (χ3v) is 3.70. The molecule has 3 aromatic rings. The number of para-hydroxylation sites is 1. The van der Waals surface area contributed by atoms with Gasteiger partial charge in [-0.25, -0.2) is 0 Å². The highest BCUT2D eigenvalue weighted by atomic mass is 16.3. The zero-order valence-corrected chi connectivity index (χ0v) is 11.7. The number of hydrogen-bond acceptors (Lipinski definition) is 2. The smallest absolute Gasteiger partial charge is 0.134 e. The van der Waals surface area contributed by atoms with Gasteiger partial charge >= 0.3 is 0 Å². The summed E-state index contributed by atoms with van der Waals surface area (Å²) in [5, 5.41) is 1.15. The topological polar surface area (TPSA) is 39.2 Å². The van der Waals surface area contributed by atoms with Crippen LogP contribution < -0.4 is 5.73 Å². The molecule has 1 unspecified atom stereocenters. The Kier molecular flexibility index (Phi) is 3.57. The third kappa shape index (κ3) is 2.35. The second-order valence-corrected chi connectivity index (χ2v) is 5.08. The van der Waals surface area contributed by atoms with E-state index in [1.807, 2.05) is 24.3 Å². The molecule has 0 radical (unpaired) electrons. The lowest BCUT2D eigenvalue weighted by atomic mass is 9.96. The Hall–Kier alpha value is -2.06. The van der Waals surface area contributed by atoms with Gasteiger partial charge in [-0.3, -0.25) is 0 Å². The second-order valence-electron chi connectivity index (χ2n) is 5.08. The fraction of sp³-hybridized carbons (Fsp3) is 0.222. The number of furan rings is 1. The van der Waals surface area contributed by atoms with Crippen molar-refractivity contribution in [3.05, 3.63) is 71.5 Å². The lowest BCUT2D eigenvalue weighted by molar-refractivity contribution is 0.540. The molecule has 1 aromatic heterocycles. The van der Waals surface area contributed by atoms with Crippen LogP contribution in [0, 0.1) is 0 Å². The molecule has 2 heteroatoms. The fourth-order valence-corrected chi connectivity index (χ4v) is 2.76. The van der Waals surface area contributed by atoms with Crippen molar-refractivity contribution in [1.82, 2.24) is 0 Å². The molecule has 1 atom stereocenters.